The predicted molar refractivity (Wildman–Crippen MR) is 121 cm³/mol. The van der Waals surface area contributed by atoms with Crippen molar-refractivity contribution < 1.29 is 9.47 Å². The first-order chi connectivity index (χ1) is 12.2. The van der Waals surface area contributed by atoms with Crippen LogP contribution < -0.4 is 10.6 Å². The van der Waals surface area contributed by atoms with Crippen LogP contribution in [0.3, 0.4) is 0 Å². The van der Waals surface area contributed by atoms with Crippen molar-refractivity contribution in [1.82, 2.24) is 15.5 Å². The molecule has 6 nitrogen and oxygen atoms in total. The van der Waals surface area contributed by atoms with Crippen molar-refractivity contribution in [2.24, 2.45) is 10.4 Å². The van der Waals surface area contributed by atoms with Gasteiger partial charge >= 0.3 is 0 Å². The third-order valence-electron chi connectivity index (χ3n) is 5.02. The summed E-state index contributed by atoms with van der Waals surface area (Å²) in [5.41, 5.74) is 0.340. The number of nitrogens with one attached hydrogen (secondary N) is 2. The van der Waals surface area contributed by atoms with Crippen molar-refractivity contribution >= 4 is 29.9 Å². The maximum atomic E-state index is 5.60. The van der Waals surface area contributed by atoms with Crippen molar-refractivity contribution in [2.75, 3.05) is 66.7 Å². The second-order valence-corrected chi connectivity index (χ2v) is 7.07. The summed E-state index contributed by atoms with van der Waals surface area (Å²) < 4.78 is 10.7. The summed E-state index contributed by atoms with van der Waals surface area (Å²) >= 11 is 0. The number of nitrogens with zero attached hydrogens (tertiary/aromatic N) is 2. The molecule has 0 amide bonds. The van der Waals surface area contributed by atoms with Crippen LogP contribution in [0.15, 0.2) is 4.99 Å². The van der Waals surface area contributed by atoms with E-state index >= 15 is 0 Å². The Labute approximate surface area is 177 Å². The van der Waals surface area contributed by atoms with Gasteiger partial charge in [0.2, 0.25) is 0 Å². The van der Waals surface area contributed by atoms with Gasteiger partial charge in [-0.25, -0.2) is 0 Å². The molecule has 26 heavy (non-hydrogen) atoms. The molecule has 0 saturated heterocycles. The summed E-state index contributed by atoms with van der Waals surface area (Å²) in [4.78, 5) is 7.17. The first-order valence-electron chi connectivity index (χ1n) is 9.93. The molecular formula is C19H41IN4O2. The number of methoxy groups -OCH3 is 1. The number of guanidine groups is 1. The number of likely N-dealkylation sites (N-methyl/N-ethyl adjacent to an activating group) is 1. The molecule has 0 radical (unpaired) electrons. The van der Waals surface area contributed by atoms with Gasteiger partial charge in [-0.1, -0.05) is 12.8 Å². The second-order valence-electron chi connectivity index (χ2n) is 7.07. The average Bonchev–Trinajstić information content (AvgIpc) is 3.07. The van der Waals surface area contributed by atoms with Crippen molar-refractivity contribution in [3.63, 3.8) is 0 Å². The number of aliphatic imine (C=N–C) groups is 1. The summed E-state index contributed by atoms with van der Waals surface area (Å²) in [6.07, 6.45) is 6.35. The lowest BCUT2D eigenvalue weighted by Gasteiger charge is -2.27. The number of halogens is 1. The lowest BCUT2D eigenvalue weighted by molar-refractivity contribution is 0.107. The molecule has 0 spiro atoms. The maximum Gasteiger partial charge on any atom is 0.191 e. The van der Waals surface area contributed by atoms with E-state index in [1.807, 2.05) is 0 Å². The molecule has 0 aromatic rings. The predicted octanol–water partition coefficient (Wildman–Crippen LogP) is 2.72. The molecule has 0 atom stereocenters. The molecule has 1 rings (SSSR count). The fraction of sp³-hybridized carbons (Fsp3) is 0.947. The zero-order valence-corrected chi connectivity index (χ0v) is 19.6. The first kappa shape index (κ1) is 25.9. The van der Waals surface area contributed by atoms with Gasteiger partial charge in [-0.05, 0) is 45.6 Å². The van der Waals surface area contributed by atoms with Gasteiger partial charge < -0.3 is 25.0 Å². The Kier molecular flexibility index (Phi) is 15.8. The zero-order valence-electron chi connectivity index (χ0n) is 17.3. The Balaban J connectivity index is 0.00000625. The van der Waals surface area contributed by atoms with E-state index in [1.165, 1.54) is 25.7 Å². The van der Waals surface area contributed by atoms with Gasteiger partial charge in [0.1, 0.15) is 0 Å². The van der Waals surface area contributed by atoms with E-state index in [2.05, 4.69) is 36.4 Å². The molecule has 0 aliphatic heterocycles. The highest BCUT2D eigenvalue weighted by molar-refractivity contribution is 14.0. The highest BCUT2D eigenvalue weighted by atomic mass is 127. The van der Waals surface area contributed by atoms with Crippen LogP contribution in [0.2, 0.25) is 0 Å². The zero-order chi connectivity index (χ0) is 18.4. The van der Waals surface area contributed by atoms with E-state index < -0.39 is 0 Å². The molecule has 0 bridgehead atoms. The molecule has 1 aliphatic carbocycles. The minimum absolute atomic E-state index is 0. The van der Waals surface area contributed by atoms with Gasteiger partial charge in [0.15, 0.2) is 5.96 Å². The van der Waals surface area contributed by atoms with Gasteiger partial charge in [0, 0.05) is 53.0 Å². The van der Waals surface area contributed by atoms with E-state index in [1.54, 1.807) is 7.11 Å². The third-order valence-corrected chi connectivity index (χ3v) is 5.02. The van der Waals surface area contributed by atoms with Crippen LogP contribution in [0.25, 0.3) is 0 Å². The molecule has 7 heteroatoms. The molecule has 0 unspecified atom stereocenters. The molecular weight excluding hydrogens is 443 g/mol. The van der Waals surface area contributed by atoms with Crippen molar-refractivity contribution in [3.8, 4) is 0 Å². The van der Waals surface area contributed by atoms with Gasteiger partial charge in [0.05, 0.1) is 6.61 Å². The van der Waals surface area contributed by atoms with Crippen molar-refractivity contribution in [3.05, 3.63) is 0 Å². The van der Waals surface area contributed by atoms with Crippen LogP contribution in [0.1, 0.15) is 46.0 Å². The maximum absolute atomic E-state index is 5.60. The van der Waals surface area contributed by atoms with Crippen LogP contribution in [0, 0.1) is 5.41 Å². The van der Waals surface area contributed by atoms with Crippen LogP contribution in [-0.4, -0.2) is 77.6 Å². The Morgan fingerprint density at radius 1 is 1.12 bits per heavy atom. The fourth-order valence-corrected chi connectivity index (χ4v) is 3.36. The minimum Gasteiger partial charge on any atom is -0.383 e. The lowest BCUT2D eigenvalue weighted by atomic mass is 9.83. The normalized spacial score (nSPS) is 16.6. The monoisotopic (exact) mass is 484 g/mol. The lowest BCUT2D eigenvalue weighted by Crippen LogP contribution is -2.42. The van der Waals surface area contributed by atoms with E-state index in [0.717, 1.165) is 64.9 Å². The Morgan fingerprint density at radius 3 is 2.46 bits per heavy atom. The average molecular weight is 484 g/mol. The summed E-state index contributed by atoms with van der Waals surface area (Å²) in [6, 6.07) is 0. The molecule has 0 aromatic heterocycles. The van der Waals surface area contributed by atoms with E-state index in [9.17, 15) is 0 Å². The summed E-state index contributed by atoms with van der Waals surface area (Å²) in [6.45, 7) is 11.2. The fourth-order valence-electron chi connectivity index (χ4n) is 3.36. The summed E-state index contributed by atoms with van der Waals surface area (Å²) in [5.74, 6) is 0.935. The standard InChI is InChI=1S/C19H40N4O2.HI/c1-5-20-18(21-12-13-23(3)14-16-24-4)22-17-19(9-7-8-10-19)11-15-25-6-2;/h5-17H2,1-4H3,(H2,20,21,22);1H. The van der Waals surface area contributed by atoms with E-state index in [4.69, 9.17) is 14.5 Å². The minimum atomic E-state index is 0. The Bertz CT molecular complexity index is 363. The van der Waals surface area contributed by atoms with Gasteiger partial charge in [-0.3, -0.25) is 4.99 Å². The molecule has 156 valence electrons. The smallest absolute Gasteiger partial charge is 0.191 e. The van der Waals surface area contributed by atoms with Gasteiger partial charge in [-0.15, -0.1) is 24.0 Å². The van der Waals surface area contributed by atoms with Crippen molar-refractivity contribution in [1.29, 1.82) is 0 Å². The molecule has 0 aromatic carbocycles. The summed E-state index contributed by atoms with van der Waals surface area (Å²) in [7, 11) is 3.86. The number of hydrogen-bond donors (Lipinski definition) is 2. The molecule has 1 fully saturated rings. The van der Waals surface area contributed by atoms with Crippen molar-refractivity contribution in [2.45, 2.75) is 46.0 Å². The molecule has 2 N–H and O–H groups in total. The summed E-state index contributed by atoms with van der Waals surface area (Å²) in [5, 5.41) is 6.83. The molecule has 1 saturated carbocycles. The van der Waals surface area contributed by atoms with E-state index in [-0.39, 0.29) is 24.0 Å². The van der Waals surface area contributed by atoms with Crippen LogP contribution in [0.4, 0.5) is 0 Å². The largest absolute Gasteiger partial charge is 0.383 e. The third kappa shape index (κ3) is 10.9. The molecule has 0 heterocycles. The highest BCUT2D eigenvalue weighted by Gasteiger charge is 2.33. The SMILES string of the molecule is CCNC(=NCC1(CCOCC)CCCC1)NCCN(C)CCOC.I. The second kappa shape index (κ2) is 15.9. The Hall–Kier alpha value is -0.120. The number of hydrogen-bond acceptors (Lipinski definition) is 4. The number of rotatable bonds is 13. The highest BCUT2D eigenvalue weighted by Crippen LogP contribution is 2.41. The first-order valence-corrected chi connectivity index (χ1v) is 9.93. The van der Waals surface area contributed by atoms with Gasteiger partial charge in [0.25, 0.3) is 0 Å². The van der Waals surface area contributed by atoms with Crippen LogP contribution >= 0.6 is 24.0 Å². The quantitative estimate of drug-likeness (QED) is 0.182. The van der Waals surface area contributed by atoms with Crippen LogP contribution in [0.5, 0.6) is 0 Å². The van der Waals surface area contributed by atoms with Crippen LogP contribution in [-0.2, 0) is 9.47 Å². The Morgan fingerprint density at radius 2 is 1.85 bits per heavy atom. The number of ether oxygens (including phenoxy) is 2. The topological polar surface area (TPSA) is 58.1 Å². The van der Waals surface area contributed by atoms with E-state index in [0.29, 0.717) is 5.41 Å². The molecule has 1 aliphatic rings. The van der Waals surface area contributed by atoms with Gasteiger partial charge in [-0.2, -0.15) is 0 Å².